The minimum Gasteiger partial charge on any atom is -0.457 e. The Bertz CT molecular complexity index is 1300. The number of aliphatic imine (C=N–C) groups is 1. The van der Waals surface area contributed by atoms with Gasteiger partial charge in [-0.15, -0.1) is 0 Å². The number of hydrogen-bond acceptors (Lipinski definition) is 6. The van der Waals surface area contributed by atoms with Gasteiger partial charge in [0, 0.05) is 31.0 Å². The molecule has 1 saturated heterocycles. The summed E-state index contributed by atoms with van der Waals surface area (Å²) in [6, 6.07) is 14.0. The van der Waals surface area contributed by atoms with Crippen molar-refractivity contribution >= 4 is 16.0 Å². The SMILES string of the molecule is Cn1ccc(-c2ccc(C3C(C)(C)OC(=N[C@@H](CCO)c4ccccc4F)NS3(=O)=O)cc2)n1. The van der Waals surface area contributed by atoms with Crippen LogP contribution in [0.15, 0.2) is 65.8 Å². The van der Waals surface area contributed by atoms with Gasteiger partial charge in [-0.3, -0.25) is 4.68 Å². The predicted molar refractivity (Wildman–Crippen MR) is 127 cm³/mol. The van der Waals surface area contributed by atoms with Gasteiger partial charge in [-0.25, -0.2) is 22.5 Å². The Balaban J connectivity index is 1.64. The smallest absolute Gasteiger partial charge is 0.299 e. The molecule has 2 atom stereocenters. The summed E-state index contributed by atoms with van der Waals surface area (Å²) < 4.78 is 51.0. The molecule has 0 bridgehead atoms. The second kappa shape index (κ2) is 9.19. The van der Waals surface area contributed by atoms with E-state index in [4.69, 9.17) is 4.74 Å². The van der Waals surface area contributed by atoms with Crippen molar-refractivity contribution in [2.45, 2.75) is 37.2 Å². The second-order valence-corrected chi connectivity index (χ2v) is 10.5. The molecule has 0 aliphatic carbocycles. The van der Waals surface area contributed by atoms with Gasteiger partial charge in [0.1, 0.15) is 16.7 Å². The first kappa shape index (κ1) is 23.9. The Morgan fingerprint density at radius 1 is 1.21 bits per heavy atom. The molecule has 0 spiro atoms. The van der Waals surface area contributed by atoms with Gasteiger partial charge in [0.15, 0.2) is 0 Å². The number of halogens is 1. The topological polar surface area (TPSA) is 106 Å². The molecule has 1 fully saturated rings. The summed E-state index contributed by atoms with van der Waals surface area (Å²) in [5.41, 5.74) is 1.28. The Morgan fingerprint density at radius 2 is 1.91 bits per heavy atom. The maximum atomic E-state index is 14.3. The normalized spacial score (nSPS) is 21.0. The van der Waals surface area contributed by atoms with Crippen molar-refractivity contribution in [1.29, 1.82) is 0 Å². The van der Waals surface area contributed by atoms with E-state index in [1.165, 1.54) is 6.07 Å². The summed E-state index contributed by atoms with van der Waals surface area (Å²) in [5, 5.41) is 12.8. The standard InChI is InChI=1S/C24H27FN4O4S/c1-24(2)22(17-10-8-16(9-11-17)20-12-14-29(3)27-20)34(31,32)28-23(33-24)26-21(13-15-30)18-6-4-5-7-19(18)25/h4-12,14,21-22,30H,13,15H2,1-3H3,(H,26,28)/t21-,22?/m0/s1. The van der Waals surface area contributed by atoms with Gasteiger partial charge < -0.3 is 9.84 Å². The van der Waals surface area contributed by atoms with Gasteiger partial charge >= 0.3 is 0 Å². The number of aliphatic hydroxyl groups excluding tert-OH is 1. The lowest BCUT2D eigenvalue weighted by atomic mass is 9.96. The second-order valence-electron chi connectivity index (χ2n) is 8.71. The summed E-state index contributed by atoms with van der Waals surface area (Å²) in [6.07, 6.45) is 1.94. The Labute approximate surface area is 198 Å². The van der Waals surface area contributed by atoms with Crippen LogP contribution in [0.2, 0.25) is 0 Å². The molecule has 2 aromatic carbocycles. The van der Waals surface area contributed by atoms with E-state index in [0.717, 1.165) is 11.3 Å². The van der Waals surface area contributed by atoms with Crippen LogP contribution in [0.25, 0.3) is 11.3 Å². The molecule has 2 N–H and O–H groups in total. The molecule has 1 unspecified atom stereocenters. The lowest BCUT2D eigenvalue weighted by Gasteiger charge is -2.39. The Hall–Kier alpha value is -3.24. The number of aliphatic hydroxyl groups is 1. The molecular weight excluding hydrogens is 459 g/mol. The fourth-order valence-electron chi connectivity index (χ4n) is 4.21. The molecule has 1 aliphatic heterocycles. The molecule has 10 heteroatoms. The Kier molecular flexibility index (Phi) is 6.46. The van der Waals surface area contributed by atoms with E-state index in [1.54, 1.807) is 48.9 Å². The van der Waals surface area contributed by atoms with Gasteiger partial charge in [-0.1, -0.05) is 42.5 Å². The van der Waals surface area contributed by atoms with Crippen LogP contribution in [-0.2, 0) is 21.8 Å². The lowest BCUT2D eigenvalue weighted by Crippen LogP contribution is -2.53. The molecule has 34 heavy (non-hydrogen) atoms. The van der Waals surface area contributed by atoms with Crippen LogP contribution in [-0.4, -0.2) is 41.5 Å². The van der Waals surface area contributed by atoms with Crippen LogP contribution in [0.5, 0.6) is 0 Å². The van der Waals surface area contributed by atoms with E-state index >= 15 is 0 Å². The number of aromatic nitrogens is 2. The maximum Gasteiger partial charge on any atom is 0.299 e. The van der Waals surface area contributed by atoms with E-state index in [1.807, 2.05) is 31.4 Å². The van der Waals surface area contributed by atoms with Gasteiger partial charge in [0.05, 0.1) is 11.7 Å². The summed E-state index contributed by atoms with van der Waals surface area (Å²) in [4.78, 5) is 4.33. The van der Waals surface area contributed by atoms with E-state index in [0.29, 0.717) is 5.56 Å². The van der Waals surface area contributed by atoms with Gasteiger partial charge in [-0.05, 0) is 38.0 Å². The summed E-state index contributed by atoms with van der Waals surface area (Å²) in [5.74, 6) is -0.492. The summed E-state index contributed by atoms with van der Waals surface area (Å²) in [6.45, 7) is 3.09. The fraction of sp³-hybridized carbons (Fsp3) is 0.333. The molecule has 1 aromatic heterocycles. The van der Waals surface area contributed by atoms with E-state index in [2.05, 4.69) is 14.8 Å². The van der Waals surface area contributed by atoms with E-state index in [9.17, 15) is 17.9 Å². The molecule has 0 saturated carbocycles. The van der Waals surface area contributed by atoms with Crippen molar-refractivity contribution in [1.82, 2.24) is 14.5 Å². The van der Waals surface area contributed by atoms with Crippen LogP contribution >= 0.6 is 0 Å². The van der Waals surface area contributed by atoms with Crippen molar-refractivity contribution in [3.8, 4) is 11.3 Å². The number of hydrogen-bond donors (Lipinski definition) is 2. The molecule has 0 radical (unpaired) electrons. The molecule has 2 heterocycles. The number of nitrogens with one attached hydrogen (secondary N) is 1. The van der Waals surface area contributed by atoms with Crippen LogP contribution < -0.4 is 4.72 Å². The first-order chi connectivity index (χ1) is 16.1. The van der Waals surface area contributed by atoms with Crippen LogP contribution in [0, 0.1) is 5.82 Å². The molecular formula is C24H27FN4O4S. The third-order valence-corrected chi connectivity index (χ3v) is 7.61. The Morgan fingerprint density at radius 3 is 2.50 bits per heavy atom. The van der Waals surface area contributed by atoms with Crippen molar-refractivity contribution in [2.75, 3.05) is 6.61 Å². The van der Waals surface area contributed by atoms with E-state index < -0.39 is 32.7 Å². The zero-order valence-corrected chi connectivity index (χ0v) is 20.0. The predicted octanol–water partition coefficient (Wildman–Crippen LogP) is 3.48. The zero-order valence-electron chi connectivity index (χ0n) is 19.1. The highest BCUT2D eigenvalue weighted by molar-refractivity contribution is 7.90. The molecule has 0 amide bonds. The number of benzene rings is 2. The molecule has 180 valence electrons. The van der Waals surface area contributed by atoms with Gasteiger partial charge in [0.2, 0.25) is 10.0 Å². The van der Waals surface area contributed by atoms with E-state index in [-0.39, 0.29) is 24.6 Å². The fourth-order valence-corrected chi connectivity index (χ4v) is 5.97. The first-order valence-electron chi connectivity index (χ1n) is 10.8. The van der Waals surface area contributed by atoms with Gasteiger partial charge in [0.25, 0.3) is 6.02 Å². The van der Waals surface area contributed by atoms with Crippen molar-refractivity contribution in [3.63, 3.8) is 0 Å². The zero-order chi connectivity index (χ0) is 24.5. The highest BCUT2D eigenvalue weighted by Crippen LogP contribution is 2.39. The maximum absolute atomic E-state index is 14.3. The molecule has 3 aromatic rings. The number of amidine groups is 1. The summed E-state index contributed by atoms with van der Waals surface area (Å²) >= 11 is 0. The average Bonchev–Trinajstić information content (AvgIpc) is 3.19. The number of nitrogens with zero attached hydrogens (tertiary/aromatic N) is 3. The number of sulfonamides is 1. The third-order valence-electron chi connectivity index (χ3n) is 5.69. The highest BCUT2D eigenvalue weighted by Gasteiger charge is 2.48. The number of aryl methyl sites for hydroxylation is 1. The van der Waals surface area contributed by atoms with Crippen molar-refractivity contribution in [3.05, 3.63) is 77.7 Å². The quantitative estimate of drug-likeness (QED) is 0.555. The number of rotatable bonds is 6. The third kappa shape index (κ3) is 4.83. The lowest BCUT2D eigenvalue weighted by molar-refractivity contribution is 0.0758. The molecule has 8 nitrogen and oxygen atoms in total. The van der Waals surface area contributed by atoms with Crippen molar-refractivity contribution < 1.29 is 22.7 Å². The summed E-state index contributed by atoms with van der Waals surface area (Å²) in [7, 11) is -2.11. The van der Waals surface area contributed by atoms with Crippen LogP contribution in [0.3, 0.4) is 0 Å². The minimum absolute atomic E-state index is 0.106. The highest BCUT2D eigenvalue weighted by atomic mass is 32.2. The monoisotopic (exact) mass is 486 g/mol. The van der Waals surface area contributed by atoms with Crippen LogP contribution in [0.4, 0.5) is 4.39 Å². The number of ether oxygens (including phenoxy) is 1. The minimum atomic E-state index is -3.94. The average molecular weight is 487 g/mol. The molecule has 1 aliphatic rings. The largest absolute Gasteiger partial charge is 0.457 e. The molecule has 4 rings (SSSR count). The van der Waals surface area contributed by atoms with Crippen molar-refractivity contribution in [2.24, 2.45) is 12.0 Å². The first-order valence-corrected chi connectivity index (χ1v) is 12.4. The van der Waals surface area contributed by atoms with Gasteiger partial charge in [-0.2, -0.15) is 5.10 Å². The van der Waals surface area contributed by atoms with Crippen LogP contribution in [0.1, 0.15) is 42.7 Å².